The molecule has 1 N–H and O–H groups in total. The van der Waals surface area contributed by atoms with Gasteiger partial charge in [0.25, 0.3) is 0 Å². The van der Waals surface area contributed by atoms with Crippen molar-refractivity contribution in [3.8, 4) is 0 Å². The number of benzene rings is 2. The van der Waals surface area contributed by atoms with Crippen LogP contribution in [-0.2, 0) is 23.7 Å². The lowest BCUT2D eigenvalue weighted by molar-refractivity contribution is -0.147. The van der Waals surface area contributed by atoms with Crippen LogP contribution in [0.15, 0.2) is 71.8 Å². The van der Waals surface area contributed by atoms with Crippen molar-refractivity contribution in [2.45, 2.75) is 44.5 Å². The van der Waals surface area contributed by atoms with Gasteiger partial charge >= 0.3 is 11.9 Å². The standard InChI is InChI=1S/C27H32O7/c1-19-15-23(14-13-22(28)16-33-27(30)21-11-7-4-8-12-21)34-26(20-9-5-3-6-10-20)24(19)17-32-25(29)18-31-2/h3-12,22-23,26,28H,13-18H2,1-2H3/t22-,23?,26+/m1/s1. The summed E-state index contributed by atoms with van der Waals surface area (Å²) >= 11 is 0. The van der Waals surface area contributed by atoms with E-state index >= 15 is 0 Å². The van der Waals surface area contributed by atoms with Gasteiger partial charge in [-0.2, -0.15) is 0 Å². The summed E-state index contributed by atoms with van der Waals surface area (Å²) in [6.07, 6.45) is 0.441. The number of carbonyl (C=O) groups is 2. The van der Waals surface area contributed by atoms with Gasteiger partial charge in [0.2, 0.25) is 0 Å². The summed E-state index contributed by atoms with van der Waals surface area (Å²) in [5.74, 6) is -0.881. The van der Waals surface area contributed by atoms with E-state index in [1.807, 2.05) is 43.3 Å². The van der Waals surface area contributed by atoms with Gasteiger partial charge in [-0.25, -0.2) is 9.59 Å². The molecule has 1 aliphatic heterocycles. The summed E-state index contributed by atoms with van der Waals surface area (Å²) in [6.45, 7) is 1.98. The second kappa shape index (κ2) is 13.0. The fourth-order valence-electron chi connectivity index (χ4n) is 3.90. The van der Waals surface area contributed by atoms with Crippen molar-refractivity contribution in [3.63, 3.8) is 0 Å². The largest absolute Gasteiger partial charge is 0.459 e. The fraction of sp³-hybridized carbons (Fsp3) is 0.407. The highest BCUT2D eigenvalue weighted by Crippen LogP contribution is 2.37. The van der Waals surface area contributed by atoms with E-state index in [4.69, 9.17) is 18.9 Å². The topological polar surface area (TPSA) is 91.3 Å². The number of methoxy groups -OCH3 is 1. The first-order chi connectivity index (χ1) is 16.5. The SMILES string of the molecule is COCC(=O)OCC1=C(C)CC(CC[C@@H](O)COC(=O)c2ccccc2)O[C@H]1c1ccccc1. The number of hydrogen-bond donors (Lipinski definition) is 1. The molecule has 7 nitrogen and oxygen atoms in total. The van der Waals surface area contributed by atoms with Crippen LogP contribution in [0.25, 0.3) is 0 Å². The molecule has 182 valence electrons. The van der Waals surface area contributed by atoms with Crippen LogP contribution in [0.4, 0.5) is 0 Å². The highest BCUT2D eigenvalue weighted by atomic mass is 16.6. The minimum absolute atomic E-state index is 0.0713. The fourth-order valence-corrected chi connectivity index (χ4v) is 3.90. The van der Waals surface area contributed by atoms with Gasteiger partial charge in [0.05, 0.1) is 17.8 Å². The van der Waals surface area contributed by atoms with Crippen LogP contribution < -0.4 is 0 Å². The third kappa shape index (κ3) is 7.52. The summed E-state index contributed by atoms with van der Waals surface area (Å²) < 4.78 is 21.8. The molecule has 0 saturated carbocycles. The van der Waals surface area contributed by atoms with E-state index < -0.39 is 18.0 Å². The minimum atomic E-state index is -0.785. The predicted octanol–water partition coefficient (Wildman–Crippen LogP) is 4.02. The molecule has 0 aromatic heterocycles. The zero-order chi connectivity index (χ0) is 24.3. The number of hydrogen-bond acceptors (Lipinski definition) is 7. The van der Waals surface area contributed by atoms with Crippen molar-refractivity contribution in [1.82, 2.24) is 0 Å². The summed E-state index contributed by atoms with van der Waals surface area (Å²) in [4.78, 5) is 23.9. The lowest BCUT2D eigenvalue weighted by Crippen LogP contribution is -2.29. The Bertz CT molecular complexity index is 955. The lowest BCUT2D eigenvalue weighted by Gasteiger charge is -2.34. The second-order valence-electron chi connectivity index (χ2n) is 8.35. The van der Waals surface area contributed by atoms with Crippen LogP contribution in [0.2, 0.25) is 0 Å². The molecule has 3 atom stereocenters. The molecule has 2 aromatic rings. The molecule has 3 rings (SSSR count). The maximum absolute atomic E-state index is 12.1. The number of aliphatic hydroxyl groups excluding tert-OH is 1. The molecule has 1 heterocycles. The minimum Gasteiger partial charge on any atom is -0.459 e. The number of esters is 2. The number of aliphatic hydroxyl groups is 1. The van der Waals surface area contributed by atoms with E-state index in [1.54, 1.807) is 24.3 Å². The van der Waals surface area contributed by atoms with Crippen molar-refractivity contribution in [2.75, 3.05) is 26.9 Å². The van der Waals surface area contributed by atoms with Crippen LogP contribution in [0.5, 0.6) is 0 Å². The molecule has 2 aromatic carbocycles. The first kappa shape index (κ1) is 25.6. The van der Waals surface area contributed by atoms with Crippen molar-refractivity contribution in [3.05, 3.63) is 82.9 Å². The van der Waals surface area contributed by atoms with Gasteiger partial charge in [-0.3, -0.25) is 0 Å². The Labute approximate surface area is 200 Å². The summed E-state index contributed by atoms with van der Waals surface area (Å²) in [5, 5.41) is 10.4. The molecule has 0 spiro atoms. The molecular formula is C27H32O7. The quantitative estimate of drug-likeness (QED) is 0.393. The Morgan fingerprint density at radius 1 is 1.06 bits per heavy atom. The molecule has 7 heteroatoms. The molecule has 0 bridgehead atoms. The molecule has 34 heavy (non-hydrogen) atoms. The van der Waals surface area contributed by atoms with E-state index in [-0.39, 0.29) is 32.0 Å². The normalized spacial score (nSPS) is 18.9. The van der Waals surface area contributed by atoms with Gasteiger partial charge < -0.3 is 24.1 Å². The maximum Gasteiger partial charge on any atom is 0.338 e. The Balaban J connectivity index is 1.58. The van der Waals surface area contributed by atoms with Gasteiger partial charge in [0.1, 0.15) is 25.9 Å². The van der Waals surface area contributed by atoms with E-state index in [0.717, 1.165) is 16.7 Å². The van der Waals surface area contributed by atoms with Gasteiger partial charge in [-0.15, -0.1) is 0 Å². The van der Waals surface area contributed by atoms with Gasteiger partial charge in [0.15, 0.2) is 0 Å². The van der Waals surface area contributed by atoms with Crippen molar-refractivity contribution in [1.29, 1.82) is 0 Å². The average Bonchev–Trinajstić information content (AvgIpc) is 2.86. The Kier molecular flexibility index (Phi) is 9.82. The number of rotatable bonds is 11. The first-order valence-corrected chi connectivity index (χ1v) is 11.4. The van der Waals surface area contributed by atoms with Crippen LogP contribution in [-0.4, -0.2) is 56.2 Å². The predicted molar refractivity (Wildman–Crippen MR) is 126 cm³/mol. The van der Waals surface area contributed by atoms with Gasteiger partial charge in [-0.05, 0) is 49.5 Å². The molecule has 0 amide bonds. The highest BCUT2D eigenvalue weighted by Gasteiger charge is 2.30. The zero-order valence-electron chi connectivity index (χ0n) is 19.6. The molecule has 0 radical (unpaired) electrons. The number of carbonyl (C=O) groups excluding carboxylic acids is 2. The van der Waals surface area contributed by atoms with E-state index in [1.165, 1.54) is 7.11 Å². The van der Waals surface area contributed by atoms with Crippen molar-refractivity contribution < 1.29 is 33.6 Å². The monoisotopic (exact) mass is 468 g/mol. The molecular weight excluding hydrogens is 436 g/mol. The molecule has 0 fully saturated rings. The third-order valence-electron chi connectivity index (χ3n) is 5.72. The Morgan fingerprint density at radius 2 is 1.74 bits per heavy atom. The molecule has 1 unspecified atom stereocenters. The summed E-state index contributed by atoms with van der Waals surface area (Å²) in [5.41, 5.74) is 3.45. The van der Waals surface area contributed by atoms with Crippen LogP contribution >= 0.6 is 0 Å². The van der Waals surface area contributed by atoms with Crippen molar-refractivity contribution in [2.24, 2.45) is 0 Å². The van der Waals surface area contributed by atoms with Crippen LogP contribution in [0.1, 0.15) is 48.2 Å². The highest BCUT2D eigenvalue weighted by molar-refractivity contribution is 5.89. The molecule has 0 aliphatic carbocycles. The third-order valence-corrected chi connectivity index (χ3v) is 5.72. The Morgan fingerprint density at radius 3 is 2.41 bits per heavy atom. The van der Waals surface area contributed by atoms with E-state index in [0.29, 0.717) is 24.8 Å². The van der Waals surface area contributed by atoms with E-state index in [9.17, 15) is 14.7 Å². The van der Waals surface area contributed by atoms with Crippen molar-refractivity contribution >= 4 is 11.9 Å². The Hall–Kier alpha value is -3.00. The maximum atomic E-state index is 12.1. The molecule has 1 aliphatic rings. The van der Waals surface area contributed by atoms with Crippen LogP contribution in [0.3, 0.4) is 0 Å². The number of ether oxygens (including phenoxy) is 4. The smallest absolute Gasteiger partial charge is 0.338 e. The first-order valence-electron chi connectivity index (χ1n) is 11.4. The molecule has 0 saturated heterocycles. The lowest BCUT2D eigenvalue weighted by atomic mass is 9.90. The average molecular weight is 469 g/mol. The zero-order valence-corrected chi connectivity index (χ0v) is 19.6. The van der Waals surface area contributed by atoms with Gasteiger partial charge in [0, 0.05) is 7.11 Å². The van der Waals surface area contributed by atoms with Gasteiger partial charge in [-0.1, -0.05) is 54.1 Å². The second-order valence-corrected chi connectivity index (χ2v) is 8.35. The summed E-state index contributed by atoms with van der Waals surface area (Å²) in [7, 11) is 1.45. The van der Waals surface area contributed by atoms with Crippen LogP contribution in [0, 0.1) is 0 Å². The summed E-state index contributed by atoms with van der Waals surface area (Å²) in [6, 6.07) is 18.5. The van der Waals surface area contributed by atoms with E-state index in [2.05, 4.69) is 0 Å².